The Morgan fingerprint density at radius 3 is 2.62 bits per heavy atom. The van der Waals surface area contributed by atoms with Crippen LogP contribution < -0.4 is 10.3 Å². The molecule has 0 saturated carbocycles. The number of nitrogens with zero attached hydrogens (tertiary/aromatic N) is 5. The topological polar surface area (TPSA) is 93.2 Å². The zero-order chi connectivity index (χ0) is 20.7. The summed E-state index contributed by atoms with van der Waals surface area (Å²) in [6.07, 6.45) is -0.0309. The Bertz CT molecular complexity index is 1220. The number of rotatable bonds is 4. The smallest absolute Gasteiger partial charge is 0.280 e. The van der Waals surface area contributed by atoms with Gasteiger partial charge < -0.3 is 14.2 Å². The molecule has 1 amide bonds. The highest BCUT2D eigenvalue weighted by Gasteiger charge is 2.33. The number of carbonyl (C=O) groups is 1. The quantitative estimate of drug-likeness (QED) is 0.668. The van der Waals surface area contributed by atoms with Gasteiger partial charge in [-0.25, -0.2) is 9.07 Å². The van der Waals surface area contributed by atoms with Crippen molar-refractivity contribution in [2.75, 3.05) is 20.7 Å². The second kappa shape index (κ2) is 7.05. The first-order chi connectivity index (χ1) is 14.0. The molecule has 3 heterocycles. The van der Waals surface area contributed by atoms with Crippen LogP contribution in [0.25, 0.3) is 10.9 Å². The highest BCUT2D eigenvalue weighted by atomic mass is 19.1. The van der Waals surface area contributed by atoms with E-state index in [1.165, 1.54) is 23.9 Å². The molecule has 9 heteroatoms. The van der Waals surface area contributed by atoms with Crippen LogP contribution in [0, 0.1) is 17.1 Å². The number of halogens is 1. The number of nitriles is 1. The average molecular weight is 395 g/mol. The summed E-state index contributed by atoms with van der Waals surface area (Å²) in [6.45, 7) is 1.05. The predicted molar refractivity (Wildman–Crippen MR) is 102 cm³/mol. The van der Waals surface area contributed by atoms with Crippen molar-refractivity contribution < 1.29 is 13.9 Å². The van der Waals surface area contributed by atoms with E-state index in [4.69, 9.17) is 4.74 Å². The second-order valence-electron chi connectivity index (χ2n) is 6.85. The van der Waals surface area contributed by atoms with Gasteiger partial charge in [-0.2, -0.15) is 10.4 Å². The Morgan fingerprint density at radius 1 is 1.24 bits per heavy atom. The SMILES string of the molecule is COc1c2n(c3c(CC#N)nn(Cc4ccc(F)cc4)c(=O)c13)CCN(C)C2=O. The second-order valence-corrected chi connectivity index (χ2v) is 6.85. The highest BCUT2D eigenvalue weighted by Crippen LogP contribution is 2.35. The van der Waals surface area contributed by atoms with Crippen molar-refractivity contribution in [2.24, 2.45) is 0 Å². The lowest BCUT2D eigenvalue weighted by molar-refractivity contribution is 0.0746. The molecule has 0 bridgehead atoms. The largest absolute Gasteiger partial charge is 0.493 e. The van der Waals surface area contributed by atoms with E-state index in [2.05, 4.69) is 11.2 Å². The van der Waals surface area contributed by atoms with E-state index in [1.54, 1.807) is 28.6 Å². The summed E-state index contributed by atoms with van der Waals surface area (Å²) >= 11 is 0. The van der Waals surface area contributed by atoms with Crippen molar-refractivity contribution in [1.29, 1.82) is 5.26 Å². The Morgan fingerprint density at radius 2 is 1.97 bits per heavy atom. The van der Waals surface area contributed by atoms with Crippen LogP contribution in [0.1, 0.15) is 21.7 Å². The standard InChI is InChI=1S/C20H18FN5O3/c1-24-9-10-25-16-14(7-8-22)23-26(11-12-3-5-13(21)6-4-12)19(27)15(16)18(29-2)17(25)20(24)28/h3-6H,7,9-11H2,1-2H3. The lowest BCUT2D eigenvalue weighted by Crippen LogP contribution is -2.37. The van der Waals surface area contributed by atoms with Crippen LogP contribution in [0.3, 0.4) is 0 Å². The molecule has 0 unspecified atom stereocenters. The average Bonchev–Trinajstić information content (AvgIpc) is 3.05. The molecule has 29 heavy (non-hydrogen) atoms. The van der Waals surface area contributed by atoms with Crippen LogP contribution in [0.2, 0.25) is 0 Å². The predicted octanol–water partition coefficient (Wildman–Crippen LogP) is 1.55. The molecule has 0 aliphatic carbocycles. The number of fused-ring (bicyclic) bond motifs is 3. The maximum atomic E-state index is 13.3. The molecule has 1 aliphatic rings. The third-order valence-corrected chi connectivity index (χ3v) is 5.09. The minimum atomic E-state index is -0.430. The van der Waals surface area contributed by atoms with E-state index >= 15 is 0 Å². The maximum absolute atomic E-state index is 13.3. The van der Waals surface area contributed by atoms with Gasteiger partial charge >= 0.3 is 0 Å². The number of methoxy groups -OCH3 is 1. The van der Waals surface area contributed by atoms with Crippen LogP contribution in [0.15, 0.2) is 29.1 Å². The van der Waals surface area contributed by atoms with Crippen LogP contribution in [0.4, 0.5) is 4.39 Å². The monoisotopic (exact) mass is 395 g/mol. The van der Waals surface area contributed by atoms with E-state index < -0.39 is 5.56 Å². The van der Waals surface area contributed by atoms with Gasteiger partial charge in [0.1, 0.15) is 11.2 Å². The number of ether oxygens (including phenoxy) is 1. The van der Waals surface area contributed by atoms with E-state index in [1.807, 2.05) is 0 Å². The summed E-state index contributed by atoms with van der Waals surface area (Å²) in [5.74, 6) is -0.438. The molecule has 0 saturated heterocycles. The molecule has 2 aromatic heterocycles. The minimum Gasteiger partial charge on any atom is -0.493 e. The van der Waals surface area contributed by atoms with Crippen molar-refractivity contribution in [3.63, 3.8) is 0 Å². The minimum absolute atomic E-state index is 0.0309. The Labute approximate surface area is 165 Å². The molecule has 0 fully saturated rings. The van der Waals surface area contributed by atoms with Crippen molar-refractivity contribution >= 4 is 16.8 Å². The van der Waals surface area contributed by atoms with E-state index in [9.17, 15) is 19.2 Å². The number of amides is 1. The molecule has 0 atom stereocenters. The molecular formula is C20H18FN5O3. The number of hydrogen-bond acceptors (Lipinski definition) is 5. The summed E-state index contributed by atoms with van der Waals surface area (Å²) in [5, 5.41) is 13.9. The first-order valence-corrected chi connectivity index (χ1v) is 9.03. The Balaban J connectivity index is 2.00. The highest BCUT2D eigenvalue weighted by molar-refractivity contribution is 6.05. The van der Waals surface area contributed by atoms with Gasteiger partial charge in [0.25, 0.3) is 11.5 Å². The van der Waals surface area contributed by atoms with Gasteiger partial charge in [-0.3, -0.25) is 9.59 Å². The summed E-state index contributed by atoms with van der Waals surface area (Å²) in [6, 6.07) is 7.82. The third-order valence-electron chi connectivity index (χ3n) is 5.09. The number of benzene rings is 1. The zero-order valence-electron chi connectivity index (χ0n) is 16.0. The van der Waals surface area contributed by atoms with Gasteiger partial charge in [0.05, 0.1) is 37.4 Å². The molecule has 8 nitrogen and oxygen atoms in total. The summed E-state index contributed by atoms with van der Waals surface area (Å²) in [7, 11) is 3.09. The summed E-state index contributed by atoms with van der Waals surface area (Å²) in [4.78, 5) is 27.6. The van der Waals surface area contributed by atoms with Crippen LogP contribution in [-0.4, -0.2) is 45.9 Å². The third kappa shape index (κ3) is 2.93. The molecule has 0 radical (unpaired) electrons. The van der Waals surface area contributed by atoms with Gasteiger partial charge in [-0.1, -0.05) is 12.1 Å². The lowest BCUT2D eigenvalue weighted by Gasteiger charge is -2.25. The fourth-order valence-corrected chi connectivity index (χ4v) is 3.69. The van der Waals surface area contributed by atoms with Crippen LogP contribution in [-0.2, 0) is 19.5 Å². The number of carbonyl (C=O) groups excluding carboxylic acids is 1. The molecule has 3 aromatic rings. The molecular weight excluding hydrogens is 377 g/mol. The number of hydrogen-bond donors (Lipinski definition) is 0. The zero-order valence-corrected chi connectivity index (χ0v) is 16.0. The van der Waals surface area contributed by atoms with Gasteiger partial charge in [0.15, 0.2) is 11.4 Å². The molecule has 148 valence electrons. The van der Waals surface area contributed by atoms with Crippen molar-refractivity contribution in [3.8, 4) is 11.8 Å². The summed E-state index contributed by atoms with van der Waals surface area (Å²) in [5.41, 5.74) is 1.39. The first-order valence-electron chi connectivity index (χ1n) is 9.03. The van der Waals surface area contributed by atoms with Crippen LogP contribution in [0.5, 0.6) is 5.75 Å². The molecule has 0 N–H and O–H groups in total. The fourth-order valence-electron chi connectivity index (χ4n) is 3.69. The van der Waals surface area contributed by atoms with Gasteiger partial charge in [0, 0.05) is 20.1 Å². The summed E-state index contributed by atoms with van der Waals surface area (Å²) < 4.78 is 21.6. The normalized spacial score (nSPS) is 13.4. The van der Waals surface area contributed by atoms with Crippen LogP contribution >= 0.6 is 0 Å². The van der Waals surface area contributed by atoms with Crippen molar-refractivity contribution in [1.82, 2.24) is 19.2 Å². The first kappa shape index (κ1) is 18.7. The molecule has 1 aliphatic heterocycles. The maximum Gasteiger partial charge on any atom is 0.280 e. The molecule has 0 spiro atoms. The van der Waals surface area contributed by atoms with E-state index in [-0.39, 0.29) is 41.5 Å². The molecule has 4 rings (SSSR count). The Hall–Kier alpha value is -3.67. The van der Waals surface area contributed by atoms with E-state index in [0.717, 1.165) is 0 Å². The fraction of sp³-hybridized carbons (Fsp3) is 0.300. The van der Waals surface area contributed by atoms with Gasteiger partial charge in [-0.15, -0.1) is 0 Å². The number of aromatic nitrogens is 3. The lowest BCUT2D eigenvalue weighted by atomic mass is 10.2. The van der Waals surface area contributed by atoms with E-state index in [0.29, 0.717) is 29.9 Å². The van der Waals surface area contributed by atoms with Gasteiger partial charge in [0.2, 0.25) is 0 Å². The number of likely N-dealkylation sites (N-methyl/N-ethyl adjacent to an activating group) is 1. The van der Waals surface area contributed by atoms with Gasteiger partial charge in [-0.05, 0) is 17.7 Å². The molecule has 1 aromatic carbocycles. The van der Waals surface area contributed by atoms with Crippen molar-refractivity contribution in [2.45, 2.75) is 19.5 Å². The Kier molecular flexibility index (Phi) is 4.54. The van der Waals surface area contributed by atoms with Crippen molar-refractivity contribution in [3.05, 3.63) is 57.4 Å².